The minimum absolute atomic E-state index is 0.100. The lowest BCUT2D eigenvalue weighted by Crippen LogP contribution is -2.42. The summed E-state index contributed by atoms with van der Waals surface area (Å²) in [6.45, 7) is 0.454. The molecule has 7 nitrogen and oxygen atoms in total. The van der Waals surface area contributed by atoms with Gasteiger partial charge in [0.05, 0.1) is 31.2 Å². The molecular formula is C23H23F3N4O3. The summed E-state index contributed by atoms with van der Waals surface area (Å²) in [5.41, 5.74) is -0.0167. The molecule has 1 atom stereocenters. The molecule has 2 aromatic carbocycles. The number of fused-ring (bicyclic) bond motifs is 1. The molecular weight excluding hydrogens is 437 g/mol. The number of amides is 1. The van der Waals surface area contributed by atoms with Gasteiger partial charge < -0.3 is 19.7 Å². The van der Waals surface area contributed by atoms with Crippen LogP contribution >= 0.6 is 0 Å². The molecule has 0 saturated carbocycles. The van der Waals surface area contributed by atoms with Gasteiger partial charge in [-0.1, -0.05) is 12.1 Å². The van der Waals surface area contributed by atoms with Gasteiger partial charge in [0.15, 0.2) is 11.5 Å². The molecule has 4 rings (SSSR count). The van der Waals surface area contributed by atoms with Crippen molar-refractivity contribution in [2.45, 2.75) is 19.0 Å². The molecule has 10 heteroatoms. The number of nitrogens with one attached hydrogen (secondary N) is 1. The predicted octanol–water partition coefficient (Wildman–Crippen LogP) is 4.52. The average Bonchev–Trinajstić information content (AvgIpc) is 2.82. The fourth-order valence-electron chi connectivity index (χ4n) is 3.91. The first kappa shape index (κ1) is 22.6. The monoisotopic (exact) mass is 460 g/mol. The van der Waals surface area contributed by atoms with Gasteiger partial charge in [-0.15, -0.1) is 0 Å². The summed E-state index contributed by atoms with van der Waals surface area (Å²) in [6.07, 6.45) is -3.57. The Labute approximate surface area is 188 Å². The molecule has 0 spiro atoms. The number of para-hydroxylation sites is 2. The van der Waals surface area contributed by atoms with Gasteiger partial charge in [0, 0.05) is 37.0 Å². The summed E-state index contributed by atoms with van der Waals surface area (Å²) in [7, 11) is 3.00. The Morgan fingerprint density at radius 2 is 1.70 bits per heavy atom. The first-order valence-electron chi connectivity index (χ1n) is 10.4. The summed E-state index contributed by atoms with van der Waals surface area (Å²) in [6, 6.07) is 11.4. The third kappa shape index (κ3) is 4.94. The second kappa shape index (κ2) is 9.13. The number of halogens is 3. The molecule has 1 amide bonds. The van der Waals surface area contributed by atoms with E-state index in [1.54, 1.807) is 36.4 Å². The molecule has 1 aliphatic rings. The van der Waals surface area contributed by atoms with E-state index in [-0.39, 0.29) is 23.8 Å². The number of carbonyl (C=O) groups is 1. The summed E-state index contributed by atoms with van der Waals surface area (Å²) >= 11 is 0. The second-order valence-corrected chi connectivity index (χ2v) is 7.76. The van der Waals surface area contributed by atoms with E-state index in [9.17, 15) is 18.0 Å². The molecule has 1 saturated heterocycles. The normalized spacial score (nSPS) is 16.5. The van der Waals surface area contributed by atoms with Crippen LogP contribution in [0.2, 0.25) is 0 Å². The highest BCUT2D eigenvalue weighted by Gasteiger charge is 2.40. The molecule has 1 fully saturated rings. The number of methoxy groups -OCH3 is 2. The zero-order valence-electron chi connectivity index (χ0n) is 18.1. The largest absolute Gasteiger partial charge is 0.497 e. The summed E-state index contributed by atoms with van der Waals surface area (Å²) < 4.78 is 51.8. The van der Waals surface area contributed by atoms with Crippen LogP contribution in [0.3, 0.4) is 0 Å². The maximum absolute atomic E-state index is 13.8. The Morgan fingerprint density at radius 1 is 1.06 bits per heavy atom. The van der Waals surface area contributed by atoms with Crippen molar-refractivity contribution in [1.29, 1.82) is 0 Å². The first-order valence-corrected chi connectivity index (χ1v) is 10.4. The summed E-state index contributed by atoms with van der Waals surface area (Å²) in [5, 5.41) is 2.82. The van der Waals surface area contributed by atoms with Gasteiger partial charge in [0.25, 0.3) is 0 Å². The maximum Gasteiger partial charge on any atom is 0.437 e. The van der Waals surface area contributed by atoms with Crippen molar-refractivity contribution in [3.63, 3.8) is 0 Å². The van der Waals surface area contributed by atoms with Gasteiger partial charge in [-0.25, -0.2) is 9.97 Å². The van der Waals surface area contributed by atoms with E-state index in [1.807, 2.05) is 0 Å². The van der Waals surface area contributed by atoms with Crippen LogP contribution in [0, 0.1) is 5.92 Å². The highest BCUT2D eigenvalue weighted by atomic mass is 19.4. The van der Waals surface area contributed by atoms with Crippen molar-refractivity contribution in [3.05, 3.63) is 48.2 Å². The van der Waals surface area contributed by atoms with Crippen LogP contribution in [-0.2, 0) is 11.0 Å². The molecule has 33 heavy (non-hydrogen) atoms. The molecule has 2 heterocycles. The third-order valence-electron chi connectivity index (χ3n) is 5.53. The summed E-state index contributed by atoms with van der Waals surface area (Å²) in [5.74, 6) is -0.0447. The smallest absolute Gasteiger partial charge is 0.437 e. The number of piperidine rings is 1. The van der Waals surface area contributed by atoms with E-state index in [4.69, 9.17) is 9.47 Å². The number of hydrogen-bond donors (Lipinski definition) is 1. The van der Waals surface area contributed by atoms with Crippen LogP contribution in [0.15, 0.2) is 42.5 Å². The van der Waals surface area contributed by atoms with E-state index in [0.29, 0.717) is 42.1 Å². The quantitative estimate of drug-likeness (QED) is 0.603. The Bertz CT molecular complexity index is 1150. The minimum Gasteiger partial charge on any atom is -0.497 e. The number of nitrogens with zero attached hydrogens (tertiary/aromatic N) is 3. The molecule has 1 N–H and O–H groups in total. The standard InChI is InChI=1S/C23H23F3N4O3/c1-32-16-10-15(11-17(12-16)33-2)27-22(31)14-6-5-9-30(13-14)21-20(23(24,25)26)28-18-7-3-4-8-19(18)29-21/h3-4,7-8,10-12,14H,5-6,9,13H2,1-2H3,(H,27,31)/t14-/m1/s1. The van der Waals surface area contributed by atoms with Crippen LogP contribution in [0.4, 0.5) is 24.7 Å². The zero-order chi connectivity index (χ0) is 23.6. The third-order valence-corrected chi connectivity index (χ3v) is 5.53. The van der Waals surface area contributed by atoms with Crippen molar-refractivity contribution in [2.75, 3.05) is 37.5 Å². The van der Waals surface area contributed by atoms with Crippen LogP contribution in [-0.4, -0.2) is 43.2 Å². The summed E-state index contributed by atoms with van der Waals surface area (Å²) in [4.78, 5) is 22.6. The lowest BCUT2D eigenvalue weighted by Gasteiger charge is -2.34. The van der Waals surface area contributed by atoms with E-state index < -0.39 is 17.8 Å². The van der Waals surface area contributed by atoms with Crippen LogP contribution in [0.5, 0.6) is 11.5 Å². The molecule has 0 bridgehead atoms. The van der Waals surface area contributed by atoms with Crippen molar-refractivity contribution in [1.82, 2.24) is 9.97 Å². The molecule has 1 aromatic heterocycles. The van der Waals surface area contributed by atoms with Gasteiger partial charge in [-0.3, -0.25) is 4.79 Å². The topological polar surface area (TPSA) is 76.6 Å². The van der Waals surface area contributed by atoms with Crippen molar-refractivity contribution in [2.24, 2.45) is 5.92 Å². The van der Waals surface area contributed by atoms with Crippen LogP contribution in [0.25, 0.3) is 11.0 Å². The van der Waals surface area contributed by atoms with Gasteiger partial charge in [-0.2, -0.15) is 13.2 Å². The lowest BCUT2D eigenvalue weighted by atomic mass is 9.96. The van der Waals surface area contributed by atoms with Crippen LogP contribution < -0.4 is 19.7 Å². The van der Waals surface area contributed by atoms with Gasteiger partial charge in [0.1, 0.15) is 11.5 Å². The lowest BCUT2D eigenvalue weighted by molar-refractivity contribution is -0.140. The van der Waals surface area contributed by atoms with Gasteiger partial charge in [-0.05, 0) is 25.0 Å². The Hall–Kier alpha value is -3.56. The van der Waals surface area contributed by atoms with Gasteiger partial charge in [0.2, 0.25) is 5.91 Å². The second-order valence-electron chi connectivity index (χ2n) is 7.76. The molecule has 0 radical (unpaired) electrons. The van der Waals surface area contributed by atoms with E-state index in [0.717, 1.165) is 0 Å². The first-order chi connectivity index (χ1) is 15.8. The zero-order valence-corrected chi connectivity index (χ0v) is 18.1. The van der Waals surface area contributed by atoms with Crippen molar-refractivity contribution in [3.8, 4) is 11.5 Å². The van der Waals surface area contributed by atoms with Crippen molar-refractivity contribution < 1.29 is 27.4 Å². The molecule has 0 aliphatic carbocycles. The fraction of sp³-hybridized carbons (Fsp3) is 0.348. The van der Waals surface area contributed by atoms with Gasteiger partial charge >= 0.3 is 6.18 Å². The Kier molecular flexibility index (Phi) is 6.26. The molecule has 0 unspecified atom stereocenters. The Balaban J connectivity index is 1.59. The number of aromatic nitrogens is 2. The maximum atomic E-state index is 13.8. The Morgan fingerprint density at radius 3 is 2.30 bits per heavy atom. The number of carbonyl (C=O) groups excluding carboxylic acids is 1. The molecule has 3 aromatic rings. The predicted molar refractivity (Wildman–Crippen MR) is 118 cm³/mol. The fourth-order valence-corrected chi connectivity index (χ4v) is 3.91. The minimum atomic E-state index is -4.67. The van der Waals surface area contributed by atoms with E-state index in [2.05, 4.69) is 15.3 Å². The molecule has 174 valence electrons. The number of anilines is 2. The highest BCUT2D eigenvalue weighted by molar-refractivity contribution is 5.93. The number of benzene rings is 2. The van der Waals surface area contributed by atoms with E-state index in [1.165, 1.54) is 25.2 Å². The van der Waals surface area contributed by atoms with Crippen molar-refractivity contribution >= 4 is 28.4 Å². The highest BCUT2D eigenvalue weighted by Crippen LogP contribution is 2.37. The molecule has 1 aliphatic heterocycles. The average molecular weight is 460 g/mol. The van der Waals surface area contributed by atoms with Crippen LogP contribution in [0.1, 0.15) is 18.5 Å². The number of alkyl halides is 3. The SMILES string of the molecule is COc1cc(NC(=O)[C@@H]2CCCN(c3nc4ccccc4nc3C(F)(F)F)C2)cc(OC)c1. The van der Waals surface area contributed by atoms with E-state index >= 15 is 0 Å². The number of ether oxygens (including phenoxy) is 2. The number of hydrogen-bond acceptors (Lipinski definition) is 6. The number of rotatable bonds is 5.